The molecule has 2 nitrogen and oxygen atoms in total. The van der Waals surface area contributed by atoms with Crippen LogP contribution >= 0.6 is 0 Å². The number of hydrogen-bond acceptors (Lipinski definition) is 2. The molecule has 0 aromatic rings. The molecule has 0 spiro atoms. The molecule has 0 aromatic heterocycles. The van der Waals surface area contributed by atoms with Gasteiger partial charge in [0.05, 0.1) is 6.61 Å². The lowest BCUT2D eigenvalue weighted by Gasteiger charge is -2.03. The lowest BCUT2D eigenvalue weighted by molar-refractivity contribution is -0.141. The minimum atomic E-state index is -0.159. The highest BCUT2D eigenvalue weighted by Gasteiger charge is 1.94. The summed E-state index contributed by atoms with van der Waals surface area (Å²) in [7, 11) is 0. The lowest BCUT2D eigenvalue weighted by atomic mass is 10.1. The largest absolute Gasteiger partial charge is 0.466 e. The number of esters is 1. The van der Waals surface area contributed by atoms with E-state index in [0.29, 0.717) is 6.61 Å². The second kappa shape index (κ2) is 15.3. The summed E-state index contributed by atoms with van der Waals surface area (Å²) in [6, 6.07) is 0. The number of rotatable bonds is 13. The Hall–Kier alpha value is -0.790. The van der Waals surface area contributed by atoms with Crippen molar-refractivity contribution < 1.29 is 9.53 Å². The summed E-state index contributed by atoms with van der Waals surface area (Å²) in [4.78, 5) is 10.5. The van der Waals surface area contributed by atoms with Crippen LogP contribution in [0.4, 0.5) is 0 Å². The maximum Gasteiger partial charge on any atom is 0.302 e. The van der Waals surface area contributed by atoms with Gasteiger partial charge in [-0.3, -0.25) is 4.79 Å². The highest BCUT2D eigenvalue weighted by molar-refractivity contribution is 5.65. The van der Waals surface area contributed by atoms with E-state index in [-0.39, 0.29) is 5.97 Å². The van der Waals surface area contributed by atoms with Crippen LogP contribution in [0.15, 0.2) is 12.2 Å². The number of ether oxygens (including phenoxy) is 1. The van der Waals surface area contributed by atoms with Crippen molar-refractivity contribution in [3.05, 3.63) is 12.2 Å². The fourth-order valence-corrected chi connectivity index (χ4v) is 2.10. The molecule has 0 saturated heterocycles. The van der Waals surface area contributed by atoms with E-state index in [0.717, 1.165) is 12.8 Å². The maximum atomic E-state index is 10.5. The number of allylic oxidation sites excluding steroid dienone is 2. The van der Waals surface area contributed by atoms with Crippen molar-refractivity contribution in [3.63, 3.8) is 0 Å². The van der Waals surface area contributed by atoms with E-state index in [1.165, 1.54) is 64.7 Å². The van der Waals surface area contributed by atoms with Gasteiger partial charge in [-0.15, -0.1) is 0 Å². The standard InChI is InChI=1S/C17H32O2/c1-3-4-5-6-7-8-9-10-11-12-13-14-15-16-19-17(2)18/h4-5H,3,6-16H2,1-2H3. The molecule has 2 heteroatoms. The average Bonchev–Trinajstić information content (AvgIpc) is 2.39. The second-order valence-corrected chi connectivity index (χ2v) is 5.19. The number of hydrogen-bond donors (Lipinski definition) is 0. The van der Waals surface area contributed by atoms with Gasteiger partial charge in [0.25, 0.3) is 0 Å². The third-order valence-electron chi connectivity index (χ3n) is 3.22. The average molecular weight is 268 g/mol. The summed E-state index contributed by atoms with van der Waals surface area (Å²) in [5.41, 5.74) is 0. The van der Waals surface area contributed by atoms with Crippen molar-refractivity contribution in [1.82, 2.24) is 0 Å². The zero-order chi connectivity index (χ0) is 14.2. The molecular formula is C17H32O2. The van der Waals surface area contributed by atoms with Crippen LogP contribution < -0.4 is 0 Å². The zero-order valence-corrected chi connectivity index (χ0v) is 13.0. The smallest absolute Gasteiger partial charge is 0.302 e. The van der Waals surface area contributed by atoms with E-state index in [1.54, 1.807) is 0 Å². The molecule has 112 valence electrons. The summed E-state index contributed by atoms with van der Waals surface area (Å²) >= 11 is 0. The van der Waals surface area contributed by atoms with Crippen molar-refractivity contribution in [3.8, 4) is 0 Å². The topological polar surface area (TPSA) is 26.3 Å². The molecule has 0 saturated carbocycles. The molecular weight excluding hydrogens is 236 g/mol. The minimum absolute atomic E-state index is 0.159. The molecule has 0 radical (unpaired) electrons. The molecule has 0 fully saturated rings. The van der Waals surface area contributed by atoms with Crippen LogP contribution in [0.2, 0.25) is 0 Å². The third kappa shape index (κ3) is 17.2. The Kier molecular flexibility index (Phi) is 14.6. The number of carbonyl (C=O) groups excluding carboxylic acids is 1. The molecule has 0 atom stereocenters. The molecule has 0 bridgehead atoms. The van der Waals surface area contributed by atoms with Gasteiger partial charge in [-0.2, -0.15) is 0 Å². The minimum Gasteiger partial charge on any atom is -0.466 e. The van der Waals surface area contributed by atoms with Crippen LogP contribution in [0.1, 0.15) is 84.5 Å². The molecule has 0 aliphatic rings. The fraction of sp³-hybridized carbons (Fsp3) is 0.824. The molecule has 0 aromatic carbocycles. The van der Waals surface area contributed by atoms with E-state index in [4.69, 9.17) is 4.74 Å². The highest BCUT2D eigenvalue weighted by atomic mass is 16.5. The summed E-state index contributed by atoms with van der Waals surface area (Å²) in [5, 5.41) is 0. The molecule has 0 rings (SSSR count). The van der Waals surface area contributed by atoms with E-state index in [2.05, 4.69) is 19.1 Å². The van der Waals surface area contributed by atoms with Gasteiger partial charge in [0.1, 0.15) is 0 Å². The Morgan fingerprint density at radius 3 is 1.89 bits per heavy atom. The Balaban J connectivity index is 2.99. The molecule has 0 heterocycles. The van der Waals surface area contributed by atoms with E-state index >= 15 is 0 Å². The van der Waals surface area contributed by atoms with Gasteiger partial charge >= 0.3 is 5.97 Å². The van der Waals surface area contributed by atoms with Crippen molar-refractivity contribution in [2.75, 3.05) is 6.61 Å². The lowest BCUT2D eigenvalue weighted by Crippen LogP contribution is -2.00. The first kappa shape index (κ1) is 18.2. The second-order valence-electron chi connectivity index (χ2n) is 5.19. The van der Waals surface area contributed by atoms with Crippen LogP contribution in [-0.2, 0) is 9.53 Å². The first-order chi connectivity index (χ1) is 9.27. The Labute approximate surface area is 119 Å². The van der Waals surface area contributed by atoms with Crippen molar-refractivity contribution in [1.29, 1.82) is 0 Å². The highest BCUT2D eigenvalue weighted by Crippen LogP contribution is 2.10. The predicted molar refractivity (Wildman–Crippen MR) is 82.2 cm³/mol. The molecule has 0 amide bonds. The van der Waals surface area contributed by atoms with Crippen LogP contribution in [-0.4, -0.2) is 12.6 Å². The SMILES string of the molecule is CCC=CCCCCCCCCCCCOC(C)=O. The molecule has 0 aliphatic heterocycles. The Morgan fingerprint density at radius 2 is 1.37 bits per heavy atom. The first-order valence-electron chi connectivity index (χ1n) is 8.05. The summed E-state index contributed by atoms with van der Waals surface area (Å²) in [6.45, 7) is 4.25. The summed E-state index contributed by atoms with van der Waals surface area (Å²) in [6.07, 6.45) is 18.6. The monoisotopic (exact) mass is 268 g/mol. The molecule has 0 unspecified atom stereocenters. The normalized spacial score (nSPS) is 11.1. The fourth-order valence-electron chi connectivity index (χ4n) is 2.10. The van der Waals surface area contributed by atoms with Crippen LogP contribution in [0.3, 0.4) is 0 Å². The molecule has 19 heavy (non-hydrogen) atoms. The van der Waals surface area contributed by atoms with Gasteiger partial charge in [-0.05, 0) is 25.7 Å². The van der Waals surface area contributed by atoms with Gasteiger partial charge in [0.15, 0.2) is 0 Å². The summed E-state index contributed by atoms with van der Waals surface area (Å²) < 4.78 is 4.90. The maximum absolute atomic E-state index is 10.5. The van der Waals surface area contributed by atoms with Gasteiger partial charge in [-0.1, -0.05) is 64.0 Å². The number of unbranched alkanes of at least 4 members (excludes halogenated alkanes) is 9. The van der Waals surface area contributed by atoms with Crippen LogP contribution in [0.25, 0.3) is 0 Å². The van der Waals surface area contributed by atoms with E-state index < -0.39 is 0 Å². The third-order valence-corrected chi connectivity index (χ3v) is 3.22. The van der Waals surface area contributed by atoms with Gasteiger partial charge in [0.2, 0.25) is 0 Å². The van der Waals surface area contributed by atoms with Gasteiger partial charge in [-0.25, -0.2) is 0 Å². The predicted octanol–water partition coefficient (Wildman–Crippen LogP) is 5.42. The van der Waals surface area contributed by atoms with Crippen molar-refractivity contribution in [2.45, 2.75) is 84.5 Å². The first-order valence-corrected chi connectivity index (χ1v) is 8.05. The van der Waals surface area contributed by atoms with Crippen molar-refractivity contribution >= 4 is 5.97 Å². The Bertz CT molecular complexity index is 221. The molecule has 0 N–H and O–H groups in total. The van der Waals surface area contributed by atoms with Crippen molar-refractivity contribution in [2.24, 2.45) is 0 Å². The number of carbonyl (C=O) groups is 1. The molecule has 0 aliphatic carbocycles. The quantitative estimate of drug-likeness (QED) is 0.253. The zero-order valence-electron chi connectivity index (χ0n) is 13.0. The van der Waals surface area contributed by atoms with Crippen LogP contribution in [0, 0.1) is 0 Å². The van der Waals surface area contributed by atoms with E-state index in [9.17, 15) is 4.79 Å². The van der Waals surface area contributed by atoms with Gasteiger partial charge in [0, 0.05) is 6.92 Å². The van der Waals surface area contributed by atoms with E-state index in [1.807, 2.05) is 0 Å². The Morgan fingerprint density at radius 1 is 0.842 bits per heavy atom. The van der Waals surface area contributed by atoms with Crippen LogP contribution in [0.5, 0.6) is 0 Å². The summed E-state index contributed by atoms with van der Waals surface area (Å²) in [5.74, 6) is -0.159. The van der Waals surface area contributed by atoms with Gasteiger partial charge < -0.3 is 4.74 Å².